The first-order chi connectivity index (χ1) is 7.38. The second-order valence-electron chi connectivity index (χ2n) is 3.78. The van der Waals surface area contributed by atoms with E-state index in [1.165, 1.54) is 0 Å². The summed E-state index contributed by atoms with van der Waals surface area (Å²) in [6, 6.07) is -0.452. The molecule has 0 bridgehead atoms. The van der Waals surface area contributed by atoms with Crippen LogP contribution in [0.3, 0.4) is 0 Å². The van der Waals surface area contributed by atoms with E-state index in [1.807, 2.05) is 0 Å². The first kappa shape index (κ1) is 13.2. The highest BCUT2D eigenvalue weighted by molar-refractivity contribution is 5.69. The Kier molecular flexibility index (Phi) is 4.55. The Bertz CT molecular complexity index is 239. The van der Waals surface area contributed by atoms with Crippen LogP contribution in [0.15, 0.2) is 0 Å². The van der Waals surface area contributed by atoms with E-state index < -0.39 is 31.3 Å². The van der Waals surface area contributed by atoms with Gasteiger partial charge < -0.3 is 9.84 Å². The maximum atomic E-state index is 12.2. The van der Waals surface area contributed by atoms with Crippen molar-refractivity contribution in [3.63, 3.8) is 0 Å². The number of ether oxygens (including phenoxy) is 1. The molecule has 0 saturated carbocycles. The molecule has 1 aliphatic rings. The fraction of sp³-hybridized carbons (Fsp3) is 0.889. The molecule has 0 aromatic heterocycles. The van der Waals surface area contributed by atoms with Crippen LogP contribution in [0.5, 0.6) is 0 Å². The van der Waals surface area contributed by atoms with Gasteiger partial charge in [-0.25, -0.2) is 0 Å². The number of carboxylic acids is 1. The normalized spacial score (nSPS) is 22.4. The number of nitrogens with zero attached hydrogens (tertiary/aromatic N) is 1. The van der Waals surface area contributed by atoms with Crippen molar-refractivity contribution in [2.24, 2.45) is 0 Å². The van der Waals surface area contributed by atoms with E-state index >= 15 is 0 Å². The van der Waals surface area contributed by atoms with Gasteiger partial charge in [-0.3, -0.25) is 9.69 Å². The highest BCUT2D eigenvalue weighted by Gasteiger charge is 2.35. The Hall–Kier alpha value is -0.820. The number of carbonyl (C=O) groups is 1. The third-order valence-electron chi connectivity index (χ3n) is 2.37. The molecule has 0 aromatic rings. The second-order valence-corrected chi connectivity index (χ2v) is 3.78. The van der Waals surface area contributed by atoms with Crippen LogP contribution in [0, 0.1) is 0 Å². The summed E-state index contributed by atoms with van der Waals surface area (Å²) < 4.78 is 41.8. The van der Waals surface area contributed by atoms with Crippen LogP contribution in [-0.2, 0) is 9.53 Å². The molecule has 1 fully saturated rings. The van der Waals surface area contributed by atoms with Crippen LogP contribution in [0.4, 0.5) is 13.2 Å². The molecule has 0 aromatic carbocycles. The molecule has 4 nitrogen and oxygen atoms in total. The lowest BCUT2D eigenvalue weighted by Crippen LogP contribution is -2.47. The molecule has 0 amide bonds. The first-order valence-electron chi connectivity index (χ1n) is 4.99. The molecule has 16 heavy (non-hydrogen) atoms. The molecule has 1 saturated heterocycles. The fourth-order valence-corrected chi connectivity index (χ4v) is 1.73. The van der Waals surface area contributed by atoms with Gasteiger partial charge in [-0.05, 0) is 12.8 Å². The number of hydrogen-bond donors (Lipinski definition) is 1. The molecule has 1 aliphatic heterocycles. The molecule has 1 atom stereocenters. The number of alkyl halides is 3. The van der Waals surface area contributed by atoms with Crippen molar-refractivity contribution >= 4 is 5.97 Å². The molecule has 94 valence electrons. The van der Waals surface area contributed by atoms with Crippen molar-refractivity contribution in [1.82, 2.24) is 4.90 Å². The third-order valence-corrected chi connectivity index (χ3v) is 2.37. The van der Waals surface area contributed by atoms with E-state index in [-0.39, 0.29) is 6.61 Å². The molecule has 1 N–H and O–H groups in total. The lowest BCUT2D eigenvalue weighted by molar-refractivity contribution is -0.162. The largest absolute Gasteiger partial charge is 0.480 e. The summed E-state index contributed by atoms with van der Waals surface area (Å²) in [5.74, 6) is -1.25. The van der Waals surface area contributed by atoms with Crippen molar-refractivity contribution in [1.29, 1.82) is 0 Å². The van der Waals surface area contributed by atoms with Crippen LogP contribution in [0.25, 0.3) is 0 Å². The van der Waals surface area contributed by atoms with Gasteiger partial charge >= 0.3 is 12.1 Å². The van der Waals surface area contributed by atoms with Crippen molar-refractivity contribution in [3.8, 4) is 0 Å². The molecule has 0 aliphatic carbocycles. The minimum Gasteiger partial charge on any atom is -0.480 e. The van der Waals surface area contributed by atoms with Crippen LogP contribution < -0.4 is 0 Å². The monoisotopic (exact) mass is 241 g/mol. The van der Waals surface area contributed by atoms with Crippen LogP contribution in [-0.4, -0.2) is 54.5 Å². The highest BCUT2D eigenvalue weighted by atomic mass is 19.4. The lowest BCUT2D eigenvalue weighted by Gasteiger charge is -2.33. The van der Waals surface area contributed by atoms with E-state index in [2.05, 4.69) is 0 Å². The maximum absolute atomic E-state index is 12.2. The predicted octanol–water partition coefficient (Wildman–Crippen LogP) is 1.11. The van der Waals surface area contributed by atoms with E-state index in [1.54, 1.807) is 0 Å². The zero-order valence-electron chi connectivity index (χ0n) is 8.66. The number of hydrogen-bond acceptors (Lipinski definition) is 3. The van der Waals surface area contributed by atoms with Gasteiger partial charge in [-0.15, -0.1) is 0 Å². The summed E-state index contributed by atoms with van der Waals surface area (Å²) in [5.41, 5.74) is 0. The van der Waals surface area contributed by atoms with E-state index in [4.69, 9.17) is 9.84 Å². The number of carboxylic acid groups (broad SMARTS) is 1. The van der Waals surface area contributed by atoms with Crippen molar-refractivity contribution < 1.29 is 27.8 Å². The van der Waals surface area contributed by atoms with Gasteiger partial charge in [0.15, 0.2) is 0 Å². The summed E-state index contributed by atoms with van der Waals surface area (Å²) >= 11 is 0. The average molecular weight is 241 g/mol. The molecular weight excluding hydrogens is 227 g/mol. The lowest BCUT2D eigenvalue weighted by atomic mass is 10.1. The van der Waals surface area contributed by atoms with Gasteiger partial charge in [-0.1, -0.05) is 0 Å². The zero-order chi connectivity index (χ0) is 12.2. The zero-order valence-corrected chi connectivity index (χ0v) is 8.66. The topological polar surface area (TPSA) is 49.8 Å². The predicted molar refractivity (Wildman–Crippen MR) is 49.1 cm³/mol. The number of rotatable bonds is 4. The minimum absolute atomic E-state index is 0.170. The second kappa shape index (κ2) is 5.49. The standard InChI is InChI=1S/C9H14F3NO3/c10-9(11,12)6-13(4-8(14)15)7-2-1-3-16-5-7/h7H,1-6H2,(H,14,15). The summed E-state index contributed by atoms with van der Waals surface area (Å²) in [4.78, 5) is 11.4. The van der Waals surface area contributed by atoms with E-state index in [9.17, 15) is 18.0 Å². The van der Waals surface area contributed by atoms with Gasteiger partial charge in [-0.2, -0.15) is 13.2 Å². The van der Waals surface area contributed by atoms with Crippen LogP contribution in [0.2, 0.25) is 0 Å². The van der Waals surface area contributed by atoms with E-state index in [0.29, 0.717) is 19.4 Å². The Labute approximate surface area is 91.0 Å². The summed E-state index contributed by atoms with van der Waals surface area (Å²) in [7, 11) is 0. The SMILES string of the molecule is O=C(O)CN(CC(F)(F)F)C1CCCOC1. The van der Waals surface area contributed by atoms with Gasteiger partial charge in [0, 0.05) is 12.6 Å². The first-order valence-corrected chi connectivity index (χ1v) is 4.99. The van der Waals surface area contributed by atoms with Gasteiger partial charge in [0.1, 0.15) is 0 Å². The average Bonchev–Trinajstić information content (AvgIpc) is 2.15. The molecule has 0 radical (unpaired) electrons. The minimum atomic E-state index is -4.38. The van der Waals surface area contributed by atoms with Gasteiger partial charge in [0.2, 0.25) is 0 Å². The number of aliphatic carboxylic acids is 1. The fourth-order valence-electron chi connectivity index (χ4n) is 1.73. The third kappa shape index (κ3) is 4.80. The Morgan fingerprint density at radius 2 is 2.19 bits per heavy atom. The van der Waals surface area contributed by atoms with Crippen molar-refractivity contribution in [3.05, 3.63) is 0 Å². The Morgan fingerprint density at radius 3 is 2.62 bits per heavy atom. The highest BCUT2D eigenvalue weighted by Crippen LogP contribution is 2.21. The molecule has 1 rings (SSSR count). The molecule has 0 spiro atoms. The maximum Gasteiger partial charge on any atom is 0.401 e. The van der Waals surface area contributed by atoms with Gasteiger partial charge in [0.25, 0.3) is 0 Å². The van der Waals surface area contributed by atoms with Crippen LogP contribution >= 0.6 is 0 Å². The molecule has 7 heteroatoms. The summed E-state index contributed by atoms with van der Waals surface area (Å²) in [6.07, 6.45) is -3.17. The Morgan fingerprint density at radius 1 is 1.50 bits per heavy atom. The van der Waals surface area contributed by atoms with Crippen molar-refractivity contribution in [2.45, 2.75) is 25.1 Å². The molecule has 1 heterocycles. The van der Waals surface area contributed by atoms with Crippen molar-refractivity contribution in [2.75, 3.05) is 26.3 Å². The quantitative estimate of drug-likeness (QED) is 0.801. The van der Waals surface area contributed by atoms with Gasteiger partial charge in [0.05, 0.1) is 19.7 Å². The summed E-state index contributed by atoms with van der Waals surface area (Å²) in [5, 5.41) is 8.56. The summed E-state index contributed by atoms with van der Waals surface area (Å²) in [6.45, 7) is -1.10. The number of halogens is 3. The Balaban J connectivity index is 2.58. The van der Waals surface area contributed by atoms with Crippen LogP contribution in [0.1, 0.15) is 12.8 Å². The smallest absolute Gasteiger partial charge is 0.401 e. The molecular formula is C9H14F3NO3. The molecule has 1 unspecified atom stereocenters. The van der Waals surface area contributed by atoms with E-state index in [0.717, 1.165) is 4.90 Å².